The highest BCUT2D eigenvalue weighted by Crippen LogP contribution is 2.27. The van der Waals surface area contributed by atoms with Crippen LogP contribution in [0.25, 0.3) is 0 Å². The Labute approximate surface area is 122 Å². The maximum absolute atomic E-state index is 12.0. The SMILES string of the molecule is O=C(NCC1Cc2ccccc2O1)[C@@H]1CC[C@H](C(=O)O)O1. The van der Waals surface area contributed by atoms with E-state index in [1.54, 1.807) is 0 Å². The maximum atomic E-state index is 12.0. The zero-order chi connectivity index (χ0) is 14.8. The van der Waals surface area contributed by atoms with E-state index in [0.29, 0.717) is 19.4 Å². The molecule has 1 aromatic rings. The fourth-order valence-electron chi connectivity index (χ4n) is 2.71. The first-order valence-electron chi connectivity index (χ1n) is 7.04. The van der Waals surface area contributed by atoms with E-state index in [1.165, 1.54) is 0 Å². The highest BCUT2D eigenvalue weighted by molar-refractivity contribution is 5.82. The van der Waals surface area contributed by atoms with Gasteiger partial charge in [-0.1, -0.05) is 18.2 Å². The van der Waals surface area contributed by atoms with E-state index in [2.05, 4.69) is 5.32 Å². The van der Waals surface area contributed by atoms with Crippen LogP contribution in [0, 0.1) is 0 Å². The Kier molecular flexibility index (Phi) is 3.79. The summed E-state index contributed by atoms with van der Waals surface area (Å²) in [4.78, 5) is 22.7. The van der Waals surface area contributed by atoms with Gasteiger partial charge in [-0.2, -0.15) is 0 Å². The van der Waals surface area contributed by atoms with E-state index >= 15 is 0 Å². The molecule has 2 aliphatic heterocycles. The van der Waals surface area contributed by atoms with Crippen LogP contribution in [0.4, 0.5) is 0 Å². The van der Waals surface area contributed by atoms with Gasteiger partial charge in [0.25, 0.3) is 0 Å². The van der Waals surface area contributed by atoms with Crippen molar-refractivity contribution in [3.63, 3.8) is 0 Å². The zero-order valence-corrected chi connectivity index (χ0v) is 11.5. The smallest absolute Gasteiger partial charge is 0.332 e. The third kappa shape index (κ3) is 3.00. The van der Waals surface area contributed by atoms with Crippen molar-refractivity contribution in [3.8, 4) is 5.75 Å². The molecule has 0 aliphatic carbocycles. The summed E-state index contributed by atoms with van der Waals surface area (Å²) in [5.74, 6) is -0.419. The number of para-hydroxylation sites is 1. The van der Waals surface area contributed by atoms with Gasteiger partial charge in [0.1, 0.15) is 18.0 Å². The molecule has 0 radical (unpaired) electrons. The van der Waals surface area contributed by atoms with E-state index in [0.717, 1.165) is 17.7 Å². The van der Waals surface area contributed by atoms with Gasteiger partial charge >= 0.3 is 5.97 Å². The quantitative estimate of drug-likeness (QED) is 0.854. The van der Waals surface area contributed by atoms with Crippen molar-refractivity contribution in [2.45, 2.75) is 37.6 Å². The molecule has 1 saturated heterocycles. The molecule has 21 heavy (non-hydrogen) atoms. The minimum Gasteiger partial charge on any atom is -0.488 e. The molecule has 3 rings (SSSR count). The number of hydrogen-bond acceptors (Lipinski definition) is 4. The van der Waals surface area contributed by atoms with Crippen molar-refractivity contribution in [2.75, 3.05) is 6.54 Å². The number of carbonyl (C=O) groups excluding carboxylic acids is 1. The van der Waals surface area contributed by atoms with Gasteiger partial charge in [0.05, 0.1) is 6.54 Å². The predicted molar refractivity (Wildman–Crippen MR) is 73.1 cm³/mol. The number of fused-ring (bicyclic) bond motifs is 1. The van der Waals surface area contributed by atoms with Crippen molar-refractivity contribution >= 4 is 11.9 Å². The first-order valence-corrected chi connectivity index (χ1v) is 7.04. The molecule has 0 bridgehead atoms. The van der Waals surface area contributed by atoms with Gasteiger partial charge in [-0.25, -0.2) is 4.79 Å². The summed E-state index contributed by atoms with van der Waals surface area (Å²) in [6, 6.07) is 7.79. The van der Waals surface area contributed by atoms with Crippen molar-refractivity contribution < 1.29 is 24.2 Å². The minimum atomic E-state index is -1.01. The van der Waals surface area contributed by atoms with Gasteiger partial charge in [-0.15, -0.1) is 0 Å². The number of carbonyl (C=O) groups is 2. The van der Waals surface area contributed by atoms with Crippen LogP contribution < -0.4 is 10.1 Å². The summed E-state index contributed by atoms with van der Waals surface area (Å²) in [6.45, 7) is 0.394. The Morgan fingerprint density at radius 3 is 2.71 bits per heavy atom. The summed E-state index contributed by atoms with van der Waals surface area (Å²) < 4.78 is 10.9. The van der Waals surface area contributed by atoms with Crippen LogP contribution >= 0.6 is 0 Å². The monoisotopic (exact) mass is 291 g/mol. The van der Waals surface area contributed by atoms with Crippen molar-refractivity contribution in [1.82, 2.24) is 5.32 Å². The van der Waals surface area contributed by atoms with E-state index in [1.807, 2.05) is 24.3 Å². The first-order chi connectivity index (χ1) is 10.1. The van der Waals surface area contributed by atoms with Crippen LogP contribution in [0.5, 0.6) is 5.75 Å². The maximum Gasteiger partial charge on any atom is 0.332 e. The van der Waals surface area contributed by atoms with E-state index in [-0.39, 0.29) is 12.0 Å². The molecule has 1 amide bonds. The molecule has 0 spiro atoms. The third-order valence-corrected chi connectivity index (χ3v) is 3.81. The molecule has 1 aromatic carbocycles. The highest BCUT2D eigenvalue weighted by Gasteiger charge is 2.35. The number of hydrogen-bond donors (Lipinski definition) is 2. The average molecular weight is 291 g/mol. The van der Waals surface area contributed by atoms with Gasteiger partial charge in [0.2, 0.25) is 5.91 Å². The van der Waals surface area contributed by atoms with E-state index in [9.17, 15) is 9.59 Å². The van der Waals surface area contributed by atoms with E-state index < -0.39 is 18.2 Å². The fourth-order valence-corrected chi connectivity index (χ4v) is 2.71. The van der Waals surface area contributed by atoms with Gasteiger partial charge in [0, 0.05) is 6.42 Å². The molecular weight excluding hydrogens is 274 g/mol. The second-order valence-electron chi connectivity index (χ2n) is 5.33. The molecule has 3 atom stereocenters. The summed E-state index contributed by atoms with van der Waals surface area (Å²) in [7, 11) is 0. The summed E-state index contributed by atoms with van der Waals surface area (Å²) in [6.07, 6.45) is -0.0433. The lowest BCUT2D eigenvalue weighted by Crippen LogP contribution is -2.40. The number of rotatable bonds is 4. The highest BCUT2D eigenvalue weighted by atomic mass is 16.5. The normalized spacial score (nSPS) is 27.0. The lowest BCUT2D eigenvalue weighted by atomic mass is 10.1. The Bertz CT molecular complexity index is 534. The van der Waals surface area contributed by atoms with Gasteiger partial charge in [-0.3, -0.25) is 4.79 Å². The Hall–Kier alpha value is -2.08. The molecule has 6 heteroatoms. The number of amides is 1. The molecule has 0 saturated carbocycles. The van der Waals surface area contributed by atoms with Crippen LogP contribution in [0.3, 0.4) is 0 Å². The molecule has 2 heterocycles. The summed E-state index contributed by atoms with van der Waals surface area (Å²) in [5, 5.41) is 11.6. The van der Waals surface area contributed by atoms with Crippen LogP contribution in [0.1, 0.15) is 18.4 Å². The summed E-state index contributed by atoms with van der Waals surface area (Å²) >= 11 is 0. The number of aliphatic carboxylic acids is 1. The van der Waals surface area contributed by atoms with Crippen molar-refractivity contribution in [1.29, 1.82) is 0 Å². The predicted octanol–water partition coefficient (Wildman–Crippen LogP) is 0.738. The molecule has 6 nitrogen and oxygen atoms in total. The molecule has 112 valence electrons. The number of ether oxygens (including phenoxy) is 2. The average Bonchev–Trinajstić information content (AvgIpc) is 3.11. The fraction of sp³-hybridized carbons (Fsp3) is 0.467. The molecule has 1 unspecified atom stereocenters. The van der Waals surface area contributed by atoms with Gasteiger partial charge in [-0.05, 0) is 24.5 Å². The Morgan fingerprint density at radius 1 is 1.24 bits per heavy atom. The molecule has 2 N–H and O–H groups in total. The number of benzene rings is 1. The van der Waals surface area contributed by atoms with Crippen molar-refractivity contribution in [2.24, 2.45) is 0 Å². The van der Waals surface area contributed by atoms with Crippen molar-refractivity contribution in [3.05, 3.63) is 29.8 Å². The topological polar surface area (TPSA) is 84.9 Å². The number of nitrogens with one attached hydrogen (secondary N) is 1. The second-order valence-corrected chi connectivity index (χ2v) is 5.33. The summed E-state index contributed by atoms with van der Waals surface area (Å²) in [5.41, 5.74) is 1.14. The minimum absolute atomic E-state index is 0.0805. The van der Waals surface area contributed by atoms with Crippen LogP contribution in [-0.4, -0.2) is 41.8 Å². The Morgan fingerprint density at radius 2 is 2.00 bits per heavy atom. The van der Waals surface area contributed by atoms with E-state index in [4.69, 9.17) is 14.6 Å². The standard InChI is InChI=1S/C15H17NO5/c17-14(12-5-6-13(21-12)15(18)19)16-8-10-7-9-3-1-2-4-11(9)20-10/h1-4,10,12-13H,5-8H2,(H,16,17)(H,18,19)/t10?,12-,13+/m0/s1. The molecule has 2 aliphatic rings. The molecular formula is C15H17NO5. The molecule has 0 aromatic heterocycles. The largest absolute Gasteiger partial charge is 0.488 e. The number of carboxylic acid groups (broad SMARTS) is 1. The van der Waals surface area contributed by atoms with Crippen LogP contribution in [0.2, 0.25) is 0 Å². The zero-order valence-electron chi connectivity index (χ0n) is 11.5. The third-order valence-electron chi connectivity index (χ3n) is 3.81. The number of carboxylic acids is 1. The van der Waals surface area contributed by atoms with Crippen LogP contribution in [0.15, 0.2) is 24.3 Å². The first kappa shape index (κ1) is 13.9. The second kappa shape index (κ2) is 5.73. The molecule has 1 fully saturated rings. The Balaban J connectivity index is 1.46. The van der Waals surface area contributed by atoms with Gasteiger partial charge in [0.15, 0.2) is 6.10 Å². The van der Waals surface area contributed by atoms with Gasteiger partial charge < -0.3 is 19.9 Å². The lowest BCUT2D eigenvalue weighted by Gasteiger charge is -2.15. The lowest BCUT2D eigenvalue weighted by molar-refractivity contribution is -0.151. The van der Waals surface area contributed by atoms with Crippen LogP contribution in [-0.2, 0) is 20.7 Å².